The highest BCUT2D eigenvalue weighted by molar-refractivity contribution is 5.48. The highest BCUT2D eigenvalue weighted by atomic mass is 14.3. The van der Waals surface area contributed by atoms with Crippen LogP contribution in [0.5, 0.6) is 0 Å². The summed E-state index contributed by atoms with van der Waals surface area (Å²) in [6.45, 7) is 0. The molecule has 0 radical (unpaired) electrons. The van der Waals surface area contributed by atoms with Crippen molar-refractivity contribution < 1.29 is 0 Å². The lowest BCUT2D eigenvalue weighted by Gasteiger charge is -2.27. The third-order valence-electron chi connectivity index (χ3n) is 5.70. The van der Waals surface area contributed by atoms with Crippen molar-refractivity contribution in [2.75, 3.05) is 0 Å². The predicted molar refractivity (Wildman–Crippen MR) is 82.5 cm³/mol. The van der Waals surface area contributed by atoms with Crippen molar-refractivity contribution in [2.24, 2.45) is 0 Å². The molecule has 0 N–H and O–H groups in total. The Morgan fingerprint density at radius 2 is 0.450 bits per heavy atom. The van der Waals surface area contributed by atoms with E-state index in [-0.39, 0.29) is 0 Å². The van der Waals surface area contributed by atoms with Gasteiger partial charge in [0.05, 0.1) is 0 Å². The maximum atomic E-state index is 2.56. The molecule has 0 saturated carbocycles. The van der Waals surface area contributed by atoms with Gasteiger partial charge in [0.15, 0.2) is 0 Å². The van der Waals surface area contributed by atoms with Crippen molar-refractivity contribution in [3.8, 4) is 0 Å². The zero-order valence-corrected chi connectivity index (χ0v) is 12.0. The molecule has 2 aromatic rings. The molecule has 2 aromatic carbocycles. The van der Waals surface area contributed by atoms with Gasteiger partial charge in [-0.3, -0.25) is 0 Å². The highest BCUT2D eigenvalue weighted by Crippen LogP contribution is 2.32. The van der Waals surface area contributed by atoms with Crippen LogP contribution in [0, 0.1) is 0 Å². The Balaban J connectivity index is 1.86. The zero-order valence-electron chi connectivity index (χ0n) is 12.0. The maximum Gasteiger partial charge on any atom is -0.0235 e. The molecule has 0 aliphatic heterocycles. The number of hydrogen-bond acceptors (Lipinski definition) is 0. The van der Waals surface area contributed by atoms with Gasteiger partial charge in [0.2, 0.25) is 0 Å². The van der Waals surface area contributed by atoms with E-state index in [4.69, 9.17) is 0 Å². The second-order valence-corrected chi connectivity index (χ2v) is 6.78. The van der Waals surface area contributed by atoms with Crippen LogP contribution in [0.1, 0.15) is 44.5 Å². The third-order valence-corrected chi connectivity index (χ3v) is 5.70. The lowest BCUT2D eigenvalue weighted by Crippen LogP contribution is -2.16. The van der Waals surface area contributed by atoms with Gasteiger partial charge in [-0.1, -0.05) is 24.3 Å². The SMILES string of the molecule is c1c2c3cc4c1CCc1cc(c(cc1CC4)CC3)CC2. The largest absolute Gasteiger partial charge is 0.0552 e. The van der Waals surface area contributed by atoms with Crippen molar-refractivity contribution in [3.05, 3.63) is 68.8 Å². The van der Waals surface area contributed by atoms with Crippen molar-refractivity contribution in [3.63, 3.8) is 0 Å². The molecule has 0 heteroatoms. The van der Waals surface area contributed by atoms with Crippen molar-refractivity contribution >= 4 is 0 Å². The van der Waals surface area contributed by atoms with E-state index in [0.717, 1.165) is 0 Å². The highest BCUT2D eigenvalue weighted by Gasteiger charge is 2.21. The standard InChI is InChI=1S/C20H20/c1-2-14-10-18-6-5-16-9-13(1)15-3-4-17(14)12-20(18)8-7-19(16)11-15/h9-12H,1-8H2. The van der Waals surface area contributed by atoms with Crippen LogP contribution in [0.15, 0.2) is 24.3 Å². The quantitative estimate of drug-likeness (QED) is 0.676. The summed E-state index contributed by atoms with van der Waals surface area (Å²) in [6, 6.07) is 10.2. The smallest absolute Gasteiger partial charge is 0.0235 e. The fourth-order valence-electron chi connectivity index (χ4n) is 4.52. The molecule has 0 fully saturated rings. The summed E-state index contributed by atoms with van der Waals surface area (Å²) in [5.41, 5.74) is 13.1. The summed E-state index contributed by atoms with van der Waals surface area (Å²) >= 11 is 0. The zero-order chi connectivity index (χ0) is 13.1. The first-order valence-corrected chi connectivity index (χ1v) is 8.14. The molecule has 100 valence electrons. The molecule has 0 atom stereocenters. The normalized spacial score (nSPS) is 18.4. The average Bonchev–Trinajstić information content (AvgIpc) is 2.42. The van der Waals surface area contributed by atoms with Crippen molar-refractivity contribution in [2.45, 2.75) is 51.4 Å². The van der Waals surface area contributed by atoms with E-state index in [1.807, 2.05) is 0 Å². The molecule has 0 bridgehead atoms. The minimum atomic E-state index is 1.24. The summed E-state index contributed by atoms with van der Waals surface area (Å²) in [4.78, 5) is 0. The van der Waals surface area contributed by atoms with Gasteiger partial charge in [-0.25, -0.2) is 0 Å². The van der Waals surface area contributed by atoms with E-state index in [1.54, 1.807) is 44.5 Å². The van der Waals surface area contributed by atoms with E-state index >= 15 is 0 Å². The predicted octanol–water partition coefficient (Wildman–Crippen LogP) is 3.77. The first-order chi connectivity index (χ1) is 9.87. The Morgan fingerprint density at radius 3 is 0.600 bits per heavy atom. The topological polar surface area (TPSA) is 0 Å². The Hall–Kier alpha value is -1.56. The van der Waals surface area contributed by atoms with Crippen LogP contribution in [-0.2, 0) is 51.4 Å². The first kappa shape index (κ1) is 11.1. The molecule has 0 amide bonds. The van der Waals surface area contributed by atoms with Crippen molar-refractivity contribution in [1.82, 2.24) is 0 Å². The van der Waals surface area contributed by atoms with E-state index in [1.165, 1.54) is 51.4 Å². The molecule has 0 nitrogen and oxygen atoms in total. The van der Waals surface area contributed by atoms with Gasteiger partial charge in [0.25, 0.3) is 0 Å². The summed E-state index contributed by atoms with van der Waals surface area (Å²) in [5, 5.41) is 0. The Kier molecular flexibility index (Phi) is 2.21. The average molecular weight is 260 g/mol. The summed E-state index contributed by atoms with van der Waals surface area (Å²) < 4.78 is 0. The van der Waals surface area contributed by atoms with Crippen LogP contribution < -0.4 is 0 Å². The third kappa shape index (κ3) is 1.54. The Labute approximate surface area is 120 Å². The maximum absolute atomic E-state index is 2.56. The van der Waals surface area contributed by atoms with Crippen LogP contribution in [0.3, 0.4) is 0 Å². The van der Waals surface area contributed by atoms with Crippen molar-refractivity contribution in [1.29, 1.82) is 0 Å². The van der Waals surface area contributed by atoms with Crippen LogP contribution in [0.25, 0.3) is 0 Å². The fourth-order valence-corrected chi connectivity index (χ4v) is 4.52. The molecule has 0 aromatic heterocycles. The van der Waals surface area contributed by atoms with Gasteiger partial charge in [0.1, 0.15) is 0 Å². The number of rotatable bonds is 0. The number of fused-ring (bicyclic) bond motifs is 4. The minimum absolute atomic E-state index is 1.24. The molecule has 0 saturated heterocycles. The van der Waals surface area contributed by atoms with Crippen LogP contribution >= 0.6 is 0 Å². The Bertz CT molecular complexity index is 541. The second kappa shape index (κ2) is 3.97. The van der Waals surface area contributed by atoms with E-state index < -0.39 is 0 Å². The minimum Gasteiger partial charge on any atom is -0.0552 e. The van der Waals surface area contributed by atoms with Gasteiger partial charge in [-0.2, -0.15) is 0 Å². The van der Waals surface area contributed by atoms with E-state index in [2.05, 4.69) is 24.3 Å². The summed E-state index contributed by atoms with van der Waals surface area (Å²) in [5.74, 6) is 0. The molecule has 20 heavy (non-hydrogen) atoms. The Morgan fingerprint density at radius 1 is 0.300 bits per heavy atom. The van der Waals surface area contributed by atoms with Crippen LogP contribution in [-0.4, -0.2) is 0 Å². The van der Waals surface area contributed by atoms with Crippen LogP contribution in [0.4, 0.5) is 0 Å². The number of benzene rings is 2. The van der Waals surface area contributed by atoms with Gasteiger partial charge in [-0.05, 0) is 95.9 Å². The summed E-state index contributed by atoms with van der Waals surface area (Å²) in [6.07, 6.45) is 9.96. The first-order valence-electron chi connectivity index (χ1n) is 8.14. The molecule has 2 aliphatic rings. The molecular formula is C20H20. The van der Waals surface area contributed by atoms with E-state index in [9.17, 15) is 0 Å². The van der Waals surface area contributed by atoms with Crippen LogP contribution in [0.2, 0.25) is 0 Å². The molecule has 0 spiro atoms. The number of hydrogen-bond donors (Lipinski definition) is 0. The van der Waals surface area contributed by atoms with Gasteiger partial charge in [0, 0.05) is 0 Å². The van der Waals surface area contributed by atoms with Gasteiger partial charge in [-0.15, -0.1) is 0 Å². The molecule has 2 aliphatic carbocycles. The monoisotopic (exact) mass is 260 g/mol. The lowest BCUT2D eigenvalue weighted by atomic mass is 9.78. The number of aryl methyl sites for hydroxylation is 8. The fraction of sp³-hybridized carbons (Fsp3) is 0.400. The lowest BCUT2D eigenvalue weighted by molar-refractivity contribution is 0.775. The second-order valence-electron chi connectivity index (χ2n) is 6.78. The van der Waals surface area contributed by atoms with E-state index in [0.29, 0.717) is 0 Å². The molecular weight excluding hydrogens is 240 g/mol. The van der Waals surface area contributed by atoms with Gasteiger partial charge < -0.3 is 0 Å². The molecule has 4 rings (SSSR count). The summed E-state index contributed by atoms with van der Waals surface area (Å²) in [7, 11) is 0. The molecule has 0 unspecified atom stereocenters. The molecule has 0 heterocycles. The van der Waals surface area contributed by atoms with Gasteiger partial charge >= 0.3 is 0 Å².